The Hall–Kier alpha value is -2.40. The molecule has 0 aliphatic rings. The van der Waals surface area contributed by atoms with Crippen LogP contribution in [0.3, 0.4) is 0 Å². The van der Waals surface area contributed by atoms with Gasteiger partial charge in [-0.2, -0.15) is 4.31 Å². The predicted molar refractivity (Wildman–Crippen MR) is 107 cm³/mol. The number of carbonyl (C=O) groups is 2. The summed E-state index contributed by atoms with van der Waals surface area (Å²) in [5, 5.41) is 0.921. The van der Waals surface area contributed by atoms with E-state index in [2.05, 4.69) is 15.8 Å². The third-order valence-corrected chi connectivity index (χ3v) is 7.45. The fraction of sp³-hybridized carbons (Fsp3) is 0.176. The molecule has 28 heavy (non-hydrogen) atoms. The third-order valence-electron chi connectivity index (χ3n) is 3.95. The number of hydrogen-bond acceptors (Lipinski definition) is 5. The van der Waals surface area contributed by atoms with Gasteiger partial charge in [-0.25, -0.2) is 8.42 Å². The van der Waals surface area contributed by atoms with Crippen molar-refractivity contribution in [3.63, 3.8) is 0 Å². The van der Waals surface area contributed by atoms with Gasteiger partial charge in [0.2, 0.25) is 5.91 Å². The number of benzene rings is 1. The number of rotatable bonds is 6. The Labute approximate surface area is 170 Å². The molecule has 0 bridgehead atoms. The lowest BCUT2D eigenvalue weighted by Crippen LogP contribution is -2.47. The van der Waals surface area contributed by atoms with Crippen LogP contribution in [0.2, 0.25) is 4.34 Å². The van der Waals surface area contributed by atoms with Gasteiger partial charge in [-0.05, 0) is 23.8 Å². The minimum atomic E-state index is -3.83. The van der Waals surface area contributed by atoms with E-state index in [0.29, 0.717) is 4.34 Å². The molecule has 1 aromatic carbocycles. The fourth-order valence-corrected chi connectivity index (χ4v) is 5.37. The Morgan fingerprint density at radius 3 is 2.57 bits per heavy atom. The Morgan fingerprint density at radius 2 is 1.86 bits per heavy atom. The van der Waals surface area contributed by atoms with Crippen molar-refractivity contribution in [2.75, 3.05) is 13.6 Å². The number of nitrogens with zero attached hydrogens (tertiary/aromatic N) is 1. The summed E-state index contributed by atoms with van der Waals surface area (Å²) >= 11 is 6.67. The average molecular weight is 441 g/mol. The monoisotopic (exact) mass is 440 g/mol. The summed E-state index contributed by atoms with van der Waals surface area (Å²) in [4.78, 5) is 27.1. The predicted octanol–water partition coefficient (Wildman–Crippen LogP) is 1.89. The van der Waals surface area contributed by atoms with Gasteiger partial charge in [0.15, 0.2) is 0 Å². The van der Waals surface area contributed by atoms with Crippen molar-refractivity contribution in [2.45, 2.75) is 10.6 Å². The quantitative estimate of drug-likeness (QED) is 0.508. The number of hydrazine groups is 1. The van der Waals surface area contributed by atoms with Crippen LogP contribution in [-0.2, 0) is 26.0 Å². The molecule has 0 aliphatic heterocycles. The topological polar surface area (TPSA) is 111 Å². The normalized spacial score (nSPS) is 11.7. The van der Waals surface area contributed by atoms with Crippen LogP contribution in [-0.4, -0.2) is 43.1 Å². The zero-order valence-corrected chi connectivity index (χ0v) is 17.1. The molecule has 3 N–H and O–H groups in total. The Morgan fingerprint density at radius 1 is 1.14 bits per heavy atom. The van der Waals surface area contributed by atoms with Crippen molar-refractivity contribution < 1.29 is 18.0 Å². The zero-order valence-electron chi connectivity index (χ0n) is 14.7. The van der Waals surface area contributed by atoms with E-state index in [0.717, 1.165) is 32.1 Å². The molecule has 3 aromatic rings. The summed E-state index contributed by atoms with van der Waals surface area (Å²) < 4.78 is 26.0. The maximum atomic E-state index is 12.4. The molecule has 2 heterocycles. The van der Waals surface area contributed by atoms with Gasteiger partial charge in [-0.3, -0.25) is 20.4 Å². The van der Waals surface area contributed by atoms with Gasteiger partial charge in [-0.1, -0.05) is 29.8 Å². The number of halogens is 1. The molecule has 148 valence electrons. The molecule has 0 fully saturated rings. The minimum absolute atomic E-state index is 0.0381. The molecule has 0 spiro atoms. The van der Waals surface area contributed by atoms with Crippen LogP contribution < -0.4 is 10.9 Å². The molecule has 2 amide bonds. The van der Waals surface area contributed by atoms with E-state index < -0.39 is 28.4 Å². The standard InChI is InChI=1S/C17H17ClN4O4S2/c1-22(28(25,26)17-7-6-14(18)27-17)10-16(24)21-20-15(23)8-11-9-19-13-5-3-2-4-12(11)13/h2-7,9,19H,8,10H2,1H3,(H,20,23)(H,21,24). The van der Waals surface area contributed by atoms with Crippen LogP contribution in [0.4, 0.5) is 0 Å². The van der Waals surface area contributed by atoms with Gasteiger partial charge in [0.1, 0.15) is 4.21 Å². The van der Waals surface area contributed by atoms with Crippen molar-refractivity contribution in [1.29, 1.82) is 0 Å². The zero-order chi connectivity index (χ0) is 20.3. The molecular weight excluding hydrogens is 424 g/mol. The lowest BCUT2D eigenvalue weighted by molar-refractivity contribution is -0.128. The molecule has 0 saturated heterocycles. The van der Waals surface area contributed by atoms with Gasteiger partial charge in [0.25, 0.3) is 15.9 Å². The van der Waals surface area contributed by atoms with Crippen molar-refractivity contribution >= 4 is 55.7 Å². The van der Waals surface area contributed by atoms with E-state index in [1.165, 1.54) is 19.2 Å². The van der Waals surface area contributed by atoms with Gasteiger partial charge in [-0.15, -0.1) is 11.3 Å². The second-order valence-corrected chi connectivity index (χ2v) is 9.94. The summed E-state index contributed by atoms with van der Waals surface area (Å²) in [6.07, 6.45) is 1.80. The summed E-state index contributed by atoms with van der Waals surface area (Å²) in [6, 6.07) is 10.4. The second kappa shape index (κ2) is 8.31. The molecule has 0 atom stereocenters. The first-order valence-corrected chi connectivity index (χ1v) is 10.7. The van der Waals surface area contributed by atoms with Gasteiger partial charge < -0.3 is 4.98 Å². The number of thiophene rings is 1. The fourth-order valence-electron chi connectivity index (χ4n) is 2.55. The van der Waals surface area contributed by atoms with Crippen molar-refractivity contribution in [3.8, 4) is 0 Å². The van der Waals surface area contributed by atoms with Crippen molar-refractivity contribution in [2.24, 2.45) is 0 Å². The highest BCUT2D eigenvalue weighted by atomic mass is 35.5. The van der Waals surface area contributed by atoms with Crippen LogP contribution in [0.1, 0.15) is 5.56 Å². The number of carbonyl (C=O) groups excluding carboxylic acids is 2. The SMILES string of the molecule is CN(CC(=O)NNC(=O)Cc1c[nH]c2ccccc12)S(=O)(=O)c1ccc(Cl)s1. The van der Waals surface area contributed by atoms with E-state index in [-0.39, 0.29) is 10.6 Å². The van der Waals surface area contributed by atoms with Crippen LogP contribution >= 0.6 is 22.9 Å². The molecule has 2 aromatic heterocycles. The highest BCUT2D eigenvalue weighted by molar-refractivity contribution is 7.91. The molecule has 0 aliphatic carbocycles. The second-order valence-electron chi connectivity index (χ2n) is 5.95. The minimum Gasteiger partial charge on any atom is -0.361 e. The molecule has 0 saturated carbocycles. The Bertz CT molecular complexity index is 1120. The number of likely N-dealkylation sites (N-methyl/N-ethyl adjacent to an activating group) is 1. The van der Waals surface area contributed by atoms with E-state index >= 15 is 0 Å². The molecule has 11 heteroatoms. The van der Waals surface area contributed by atoms with Gasteiger partial charge in [0.05, 0.1) is 17.3 Å². The number of amides is 2. The summed E-state index contributed by atoms with van der Waals surface area (Å²) in [6.45, 7) is -0.453. The number of nitrogens with one attached hydrogen (secondary N) is 3. The first-order chi connectivity index (χ1) is 13.3. The van der Waals surface area contributed by atoms with Gasteiger partial charge >= 0.3 is 0 Å². The highest BCUT2D eigenvalue weighted by Crippen LogP contribution is 2.27. The van der Waals surface area contributed by atoms with Crippen LogP contribution in [0, 0.1) is 0 Å². The Kier molecular flexibility index (Phi) is 6.04. The average Bonchev–Trinajstić information content (AvgIpc) is 3.27. The van der Waals surface area contributed by atoms with Crippen LogP contribution in [0.25, 0.3) is 10.9 Å². The van der Waals surface area contributed by atoms with E-state index in [9.17, 15) is 18.0 Å². The maximum absolute atomic E-state index is 12.4. The number of aromatic nitrogens is 1. The number of H-pyrrole nitrogens is 1. The van der Waals surface area contributed by atoms with Gasteiger partial charge in [0, 0.05) is 24.1 Å². The first kappa shape index (κ1) is 20.3. The maximum Gasteiger partial charge on any atom is 0.253 e. The van der Waals surface area contributed by atoms with Crippen LogP contribution in [0.5, 0.6) is 0 Å². The summed E-state index contributed by atoms with van der Waals surface area (Å²) in [7, 11) is -2.55. The van der Waals surface area contributed by atoms with Crippen molar-refractivity contribution in [3.05, 3.63) is 52.5 Å². The third kappa shape index (κ3) is 4.53. The molecule has 3 rings (SSSR count). The number of hydrogen-bond donors (Lipinski definition) is 3. The number of aromatic amines is 1. The lowest BCUT2D eigenvalue weighted by Gasteiger charge is -2.15. The Balaban J connectivity index is 1.53. The van der Waals surface area contributed by atoms with E-state index in [1.807, 2.05) is 24.3 Å². The molecule has 8 nitrogen and oxygen atoms in total. The first-order valence-electron chi connectivity index (χ1n) is 8.11. The number of para-hydroxylation sites is 1. The number of fused-ring (bicyclic) bond motifs is 1. The van der Waals surface area contributed by atoms with Crippen molar-refractivity contribution in [1.82, 2.24) is 20.1 Å². The summed E-state index contributed by atoms with van der Waals surface area (Å²) in [5.41, 5.74) is 6.22. The number of sulfonamides is 1. The molecular formula is C17H17ClN4O4S2. The van der Waals surface area contributed by atoms with E-state index in [4.69, 9.17) is 11.6 Å². The van der Waals surface area contributed by atoms with Crippen LogP contribution in [0.15, 0.2) is 46.8 Å². The summed E-state index contributed by atoms with van der Waals surface area (Å²) in [5.74, 6) is -1.09. The molecule has 0 radical (unpaired) electrons. The smallest absolute Gasteiger partial charge is 0.253 e. The lowest BCUT2D eigenvalue weighted by atomic mass is 10.1. The molecule has 0 unspecified atom stereocenters. The largest absolute Gasteiger partial charge is 0.361 e. The highest BCUT2D eigenvalue weighted by Gasteiger charge is 2.24. The van der Waals surface area contributed by atoms with E-state index in [1.54, 1.807) is 6.20 Å².